The molecule has 2 aromatic rings. The lowest BCUT2D eigenvalue weighted by Crippen LogP contribution is -2.37. The van der Waals surface area contributed by atoms with Crippen LogP contribution in [0, 0.1) is 0 Å². The maximum Gasteiger partial charge on any atom is 0.261 e. The minimum absolute atomic E-state index is 0.186. The number of ether oxygens (including phenoxy) is 1. The highest BCUT2D eigenvalue weighted by Crippen LogP contribution is 2.21. The number of carbonyl (C=O) groups excluding carboxylic acids is 1. The zero-order valence-electron chi connectivity index (χ0n) is 15.2. The Morgan fingerprint density at radius 1 is 1.12 bits per heavy atom. The van der Waals surface area contributed by atoms with Crippen molar-refractivity contribution in [3.05, 3.63) is 60.2 Å². The Morgan fingerprint density at radius 2 is 1.73 bits per heavy atom. The van der Waals surface area contributed by atoms with Gasteiger partial charge in [-0.1, -0.05) is 37.3 Å². The van der Waals surface area contributed by atoms with Crippen LogP contribution in [0.2, 0.25) is 0 Å². The number of nitrogens with zero attached hydrogens (tertiary/aromatic N) is 1. The minimum atomic E-state index is -3.32. The Bertz CT molecular complexity index is 820. The number of amides is 1. The third kappa shape index (κ3) is 5.49. The van der Waals surface area contributed by atoms with Gasteiger partial charge in [0.25, 0.3) is 5.91 Å². The molecule has 0 saturated carbocycles. The molecule has 0 saturated heterocycles. The fourth-order valence-electron chi connectivity index (χ4n) is 2.31. The zero-order chi connectivity index (χ0) is 19.2. The smallest absolute Gasteiger partial charge is 0.261 e. The maximum absolute atomic E-state index is 12.3. The van der Waals surface area contributed by atoms with Gasteiger partial charge < -0.3 is 10.1 Å². The van der Waals surface area contributed by atoms with Gasteiger partial charge in [-0.2, -0.15) is 0 Å². The second kappa shape index (κ2) is 8.71. The molecule has 26 heavy (non-hydrogen) atoms. The number of nitrogens with one attached hydrogen (secondary N) is 1. The van der Waals surface area contributed by atoms with E-state index in [0.29, 0.717) is 24.4 Å². The lowest BCUT2D eigenvalue weighted by molar-refractivity contribution is -0.128. The van der Waals surface area contributed by atoms with Crippen LogP contribution in [0.4, 0.5) is 5.69 Å². The van der Waals surface area contributed by atoms with Crippen LogP contribution in [-0.2, 0) is 21.4 Å². The van der Waals surface area contributed by atoms with Gasteiger partial charge in [0.15, 0.2) is 6.10 Å². The van der Waals surface area contributed by atoms with Crippen molar-refractivity contribution in [3.63, 3.8) is 0 Å². The molecule has 0 heterocycles. The van der Waals surface area contributed by atoms with Crippen LogP contribution in [-0.4, -0.2) is 33.7 Å². The summed E-state index contributed by atoms with van der Waals surface area (Å²) in [7, 11) is -1.83. The van der Waals surface area contributed by atoms with E-state index in [1.54, 1.807) is 24.3 Å². The molecule has 7 heteroatoms. The predicted molar refractivity (Wildman–Crippen MR) is 103 cm³/mol. The first-order valence-corrected chi connectivity index (χ1v) is 10.2. The van der Waals surface area contributed by atoms with Crippen molar-refractivity contribution in [1.82, 2.24) is 5.32 Å². The lowest BCUT2D eigenvalue weighted by Gasteiger charge is -2.19. The second-order valence-corrected chi connectivity index (χ2v) is 7.96. The molecule has 0 aromatic heterocycles. The predicted octanol–water partition coefficient (Wildman–Crippen LogP) is 2.56. The topological polar surface area (TPSA) is 75.7 Å². The number of sulfonamides is 1. The van der Waals surface area contributed by atoms with E-state index in [1.165, 1.54) is 11.4 Å². The highest BCUT2D eigenvalue weighted by Gasteiger charge is 2.18. The molecule has 0 radical (unpaired) electrons. The summed E-state index contributed by atoms with van der Waals surface area (Å²) in [6, 6.07) is 16.3. The number of benzene rings is 2. The van der Waals surface area contributed by atoms with Crippen LogP contribution in [0.1, 0.15) is 18.9 Å². The minimum Gasteiger partial charge on any atom is -0.481 e. The molecule has 140 valence electrons. The third-order valence-electron chi connectivity index (χ3n) is 3.95. The van der Waals surface area contributed by atoms with Gasteiger partial charge in [0.05, 0.1) is 11.9 Å². The van der Waals surface area contributed by atoms with Crippen molar-refractivity contribution in [2.45, 2.75) is 26.0 Å². The van der Waals surface area contributed by atoms with Crippen molar-refractivity contribution < 1.29 is 17.9 Å². The van der Waals surface area contributed by atoms with Crippen LogP contribution >= 0.6 is 0 Å². The van der Waals surface area contributed by atoms with Gasteiger partial charge in [0.2, 0.25) is 10.0 Å². The van der Waals surface area contributed by atoms with Crippen molar-refractivity contribution in [2.24, 2.45) is 0 Å². The van der Waals surface area contributed by atoms with E-state index in [-0.39, 0.29) is 5.91 Å². The summed E-state index contributed by atoms with van der Waals surface area (Å²) in [5, 5.41) is 2.87. The van der Waals surface area contributed by atoms with Gasteiger partial charge >= 0.3 is 0 Å². The van der Waals surface area contributed by atoms with Crippen LogP contribution in [0.25, 0.3) is 0 Å². The first-order chi connectivity index (χ1) is 12.3. The second-order valence-electron chi connectivity index (χ2n) is 5.94. The Labute approximate surface area is 154 Å². The van der Waals surface area contributed by atoms with Crippen LogP contribution in [0.15, 0.2) is 54.6 Å². The van der Waals surface area contributed by atoms with Crippen molar-refractivity contribution in [3.8, 4) is 5.75 Å². The lowest BCUT2D eigenvalue weighted by atomic mass is 10.2. The van der Waals surface area contributed by atoms with Crippen LogP contribution in [0.3, 0.4) is 0 Å². The molecule has 2 rings (SSSR count). The molecular weight excluding hydrogens is 352 g/mol. The van der Waals surface area contributed by atoms with E-state index < -0.39 is 16.1 Å². The maximum atomic E-state index is 12.3. The molecule has 0 unspecified atom stereocenters. The summed E-state index contributed by atoms with van der Waals surface area (Å²) in [6.07, 6.45) is 1.05. The number of hydrogen-bond donors (Lipinski definition) is 1. The molecule has 0 spiro atoms. The summed E-state index contributed by atoms with van der Waals surface area (Å²) in [4.78, 5) is 12.3. The van der Waals surface area contributed by atoms with Crippen LogP contribution < -0.4 is 14.4 Å². The third-order valence-corrected chi connectivity index (χ3v) is 5.15. The molecule has 2 aromatic carbocycles. The van der Waals surface area contributed by atoms with Crippen molar-refractivity contribution in [2.75, 3.05) is 17.6 Å². The summed E-state index contributed by atoms with van der Waals surface area (Å²) in [6.45, 7) is 2.32. The normalized spacial score (nSPS) is 12.3. The summed E-state index contributed by atoms with van der Waals surface area (Å²) < 4.78 is 30.1. The van der Waals surface area contributed by atoms with Gasteiger partial charge in [0, 0.05) is 13.6 Å². The highest BCUT2D eigenvalue weighted by atomic mass is 32.2. The molecule has 6 nitrogen and oxygen atoms in total. The van der Waals surface area contributed by atoms with Crippen LogP contribution in [0.5, 0.6) is 5.75 Å². The van der Waals surface area contributed by atoms with Gasteiger partial charge in [-0.15, -0.1) is 0 Å². The van der Waals surface area contributed by atoms with Gasteiger partial charge in [0.1, 0.15) is 5.75 Å². The largest absolute Gasteiger partial charge is 0.481 e. The first-order valence-electron chi connectivity index (χ1n) is 8.33. The Hall–Kier alpha value is -2.54. The van der Waals surface area contributed by atoms with E-state index in [4.69, 9.17) is 4.74 Å². The monoisotopic (exact) mass is 376 g/mol. The molecule has 0 aliphatic heterocycles. The van der Waals surface area contributed by atoms with E-state index in [9.17, 15) is 13.2 Å². The fraction of sp³-hybridized carbons (Fsp3) is 0.316. The number of rotatable bonds is 8. The van der Waals surface area contributed by atoms with Crippen molar-refractivity contribution >= 4 is 21.6 Å². The van der Waals surface area contributed by atoms with E-state index >= 15 is 0 Å². The SMILES string of the molecule is CC[C@H](Oc1ccc(N(C)S(C)(=O)=O)cc1)C(=O)NCc1ccccc1. The highest BCUT2D eigenvalue weighted by molar-refractivity contribution is 7.92. The van der Waals surface area contributed by atoms with Gasteiger partial charge in [-0.05, 0) is 36.2 Å². The number of anilines is 1. The molecule has 0 aliphatic carbocycles. The molecule has 0 fully saturated rings. The molecule has 1 atom stereocenters. The standard InChI is InChI=1S/C19H24N2O4S/c1-4-18(19(22)20-14-15-8-6-5-7-9-15)25-17-12-10-16(11-13-17)21(2)26(3,23)24/h5-13,18H,4,14H2,1-3H3,(H,20,22)/t18-/m0/s1. The first kappa shape index (κ1) is 19.8. The van der Waals surface area contributed by atoms with Gasteiger partial charge in [-0.3, -0.25) is 9.10 Å². The number of carbonyl (C=O) groups is 1. The Balaban J connectivity index is 1.97. The molecule has 1 amide bonds. The summed E-state index contributed by atoms with van der Waals surface area (Å²) >= 11 is 0. The van der Waals surface area contributed by atoms with E-state index in [2.05, 4.69) is 5.32 Å². The molecule has 1 N–H and O–H groups in total. The quantitative estimate of drug-likeness (QED) is 0.768. The Morgan fingerprint density at radius 3 is 2.27 bits per heavy atom. The van der Waals surface area contributed by atoms with E-state index in [0.717, 1.165) is 11.8 Å². The average molecular weight is 376 g/mol. The van der Waals surface area contributed by atoms with Crippen molar-refractivity contribution in [1.29, 1.82) is 0 Å². The average Bonchev–Trinajstić information content (AvgIpc) is 2.64. The van der Waals surface area contributed by atoms with Gasteiger partial charge in [-0.25, -0.2) is 8.42 Å². The summed E-state index contributed by atoms with van der Waals surface area (Å²) in [5.74, 6) is 0.325. The number of hydrogen-bond acceptors (Lipinski definition) is 4. The zero-order valence-corrected chi connectivity index (χ0v) is 16.0. The molecular formula is C19H24N2O4S. The summed E-state index contributed by atoms with van der Waals surface area (Å²) in [5.41, 5.74) is 1.55. The molecule has 0 aliphatic rings. The fourth-order valence-corrected chi connectivity index (χ4v) is 2.82. The Kier molecular flexibility index (Phi) is 6.63. The van der Waals surface area contributed by atoms with E-state index in [1.807, 2.05) is 37.3 Å². The molecule has 0 bridgehead atoms.